The number of carbonyl (C=O) groups excluding carboxylic acids is 1. The molecule has 4 nitrogen and oxygen atoms in total. The van der Waals surface area contributed by atoms with Crippen molar-refractivity contribution in [3.05, 3.63) is 0 Å². The van der Waals surface area contributed by atoms with E-state index in [1.54, 1.807) is 6.92 Å². The molecule has 1 aliphatic heterocycles. The third-order valence-electron chi connectivity index (χ3n) is 2.04. The number of esters is 1. The largest absolute Gasteiger partial charge is 0.464 e. The van der Waals surface area contributed by atoms with Gasteiger partial charge < -0.3 is 14.8 Å². The van der Waals surface area contributed by atoms with Gasteiger partial charge in [-0.2, -0.15) is 0 Å². The van der Waals surface area contributed by atoms with Crippen molar-refractivity contribution in [1.82, 2.24) is 5.32 Å². The van der Waals surface area contributed by atoms with E-state index in [2.05, 4.69) is 5.32 Å². The maximum atomic E-state index is 10.9. The Kier molecular flexibility index (Phi) is 4.78. The van der Waals surface area contributed by atoms with Gasteiger partial charge >= 0.3 is 5.97 Å². The molecule has 0 aromatic carbocycles. The van der Waals surface area contributed by atoms with Crippen LogP contribution in [0.4, 0.5) is 0 Å². The van der Waals surface area contributed by atoms with Crippen LogP contribution in [0.15, 0.2) is 0 Å². The Bertz CT molecular complexity index is 155. The Balaban J connectivity index is 1.96. The molecule has 1 unspecified atom stereocenters. The molecule has 0 amide bonds. The van der Waals surface area contributed by atoms with Gasteiger partial charge in [0.2, 0.25) is 0 Å². The fourth-order valence-electron chi connectivity index (χ4n) is 1.37. The molecular weight excluding hydrogens is 170 g/mol. The van der Waals surface area contributed by atoms with Crippen LogP contribution in [0.25, 0.3) is 0 Å². The number of nitrogens with one attached hydrogen (secondary N) is 1. The van der Waals surface area contributed by atoms with E-state index in [9.17, 15) is 4.79 Å². The molecule has 1 fully saturated rings. The summed E-state index contributed by atoms with van der Waals surface area (Å²) < 4.78 is 9.94. The molecule has 4 heteroatoms. The van der Waals surface area contributed by atoms with Crippen molar-refractivity contribution in [2.24, 2.45) is 5.92 Å². The first-order chi connectivity index (χ1) is 6.33. The molecule has 0 saturated carbocycles. The topological polar surface area (TPSA) is 47.6 Å². The summed E-state index contributed by atoms with van der Waals surface area (Å²) in [6, 6.07) is 0. The second-order valence-corrected chi connectivity index (χ2v) is 3.18. The predicted molar refractivity (Wildman–Crippen MR) is 48.4 cm³/mol. The van der Waals surface area contributed by atoms with Crippen LogP contribution < -0.4 is 5.32 Å². The molecule has 0 aliphatic carbocycles. The van der Waals surface area contributed by atoms with Gasteiger partial charge in [-0.05, 0) is 25.8 Å². The van der Waals surface area contributed by atoms with E-state index in [0.29, 0.717) is 19.1 Å². The van der Waals surface area contributed by atoms with Crippen molar-refractivity contribution < 1.29 is 14.3 Å². The van der Waals surface area contributed by atoms with E-state index in [4.69, 9.17) is 9.47 Å². The van der Waals surface area contributed by atoms with Crippen LogP contribution in [0, 0.1) is 5.92 Å². The molecule has 76 valence electrons. The summed E-state index contributed by atoms with van der Waals surface area (Å²) in [7, 11) is 0. The van der Waals surface area contributed by atoms with Gasteiger partial charge in [-0.1, -0.05) is 0 Å². The lowest BCUT2D eigenvalue weighted by atomic mass is 10.1. The van der Waals surface area contributed by atoms with Crippen molar-refractivity contribution in [3.8, 4) is 0 Å². The maximum absolute atomic E-state index is 10.9. The zero-order valence-electron chi connectivity index (χ0n) is 8.04. The molecule has 1 aliphatic rings. The average molecular weight is 187 g/mol. The van der Waals surface area contributed by atoms with Crippen LogP contribution in [0.2, 0.25) is 0 Å². The molecule has 0 aromatic rings. The summed E-state index contributed by atoms with van der Waals surface area (Å²) in [5.41, 5.74) is 0. The molecule has 1 heterocycles. The summed E-state index contributed by atoms with van der Waals surface area (Å²) in [6.07, 6.45) is 1.14. The van der Waals surface area contributed by atoms with Crippen molar-refractivity contribution in [3.63, 3.8) is 0 Å². The lowest BCUT2D eigenvalue weighted by molar-refractivity contribution is -0.148. The van der Waals surface area contributed by atoms with E-state index < -0.39 is 0 Å². The quantitative estimate of drug-likeness (QED) is 0.623. The third-order valence-corrected chi connectivity index (χ3v) is 2.04. The van der Waals surface area contributed by atoms with Crippen molar-refractivity contribution in [2.45, 2.75) is 13.3 Å². The van der Waals surface area contributed by atoms with Gasteiger partial charge in [0.15, 0.2) is 0 Å². The molecule has 1 rings (SSSR count). The first-order valence-electron chi connectivity index (χ1n) is 4.77. The van der Waals surface area contributed by atoms with Crippen molar-refractivity contribution in [1.29, 1.82) is 0 Å². The fraction of sp³-hybridized carbons (Fsp3) is 0.889. The van der Waals surface area contributed by atoms with Crippen molar-refractivity contribution in [2.75, 3.05) is 32.9 Å². The Morgan fingerprint density at radius 2 is 2.46 bits per heavy atom. The Morgan fingerprint density at radius 1 is 1.62 bits per heavy atom. The lowest BCUT2D eigenvalue weighted by Crippen LogP contribution is -2.18. The van der Waals surface area contributed by atoms with E-state index >= 15 is 0 Å². The molecular formula is C9H17NO3. The lowest BCUT2D eigenvalue weighted by Gasteiger charge is -2.08. The highest BCUT2D eigenvalue weighted by Gasteiger charge is 2.14. The van der Waals surface area contributed by atoms with Crippen molar-refractivity contribution >= 4 is 5.97 Å². The van der Waals surface area contributed by atoms with Gasteiger partial charge in [0.25, 0.3) is 0 Å². The van der Waals surface area contributed by atoms with Gasteiger partial charge in [-0.15, -0.1) is 0 Å². The maximum Gasteiger partial charge on any atom is 0.332 e. The highest BCUT2D eigenvalue weighted by atomic mass is 16.6. The summed E-state index contributed by atoms with van der Waals surface area (Å²) in [5.74, 6) is 0.294. The standard InChI is InChI=1S/C9H17NO3/c1-2-13-9(11)7-12-6-8-3-4-10-5-8/h8,10H,2-7H2,1H3. The SMILES string of the molecule is CCOC(=O)COCC1CCNC1. The number of hydrogen-bond donors (Lipinski definition) is 1. The number of hydrogen-bond acceptors (Lipinski definition) is 4. The second-order valence-electron chi connectivity index (χ2n) is 3.18. The number of ether oxygens (including phenoxy) is 2. The minimum atomic E-state index is -0.270. The molecule has 1 N–H and O–H groups in total. The number of rotatable bonds is 5. The normalized spacial score (nSPS) is 21.8. The van der Waals surface area contributed by atoms with E-state index in [0.717, 1.165) is 19.5 Å². The van der Waals surface area contributed by atoms with Crippen LogP contribution >= 0.6 is 0 Å². The van der Waals surface area contributed by atoms with Crippen LogP contribution in [-0.4, -0.2) is 38.9 Å². The molecule has 0 spiro atoms. The highest BCUT2D eigenvalue weighted by Crippen LogP contribution is 2.07. The van der Waals surface area contributed by atoms with E-state index in [-0.39, 0.29) is 12.6 Å². The van der Waals surface area contributed by atoms with Gasteiger partial charge in [0.05, 0.1) is 13.2 Å². The smallest absolute Gasteiger partial charge is 0.332 e. The van der Waals surface area contributed by atoms with Crippen LogP contribution in [0.5, 0.6) is 0 Å². The Hall–Kier alpha value is -0.610. The minimum Gasteiger partial charge on any atom is -0.464 e. The van der Waals surface area contributed by atoms with Gasteiger partial charge in [-0.25, -0.2) is 4.79 Å². The van der Waals surface area contributed by atoms with Crippen LogP contribution in [0.3, 0.4) is 0 Å². The third kappa shape index (κ3) is 4.24. The van der Waals surface area contributed by atoms with Gasteiger partial charge in [-0.3, -0.25) is 0 Å². The zero-order chi connectivity index (χ0) is 9.52. The number of carbonyl (C=O) groups is 1. The summed E-state index contributed by atoms with van der Waals surface area (Å²) in [5, 5.41) is 3.24. The molecule has 13 heavy (non-hydrogen) atoms. The predicted octanol–water partition coefficient (Wildman–Crippen LogP) is 0.176. The first kappa shape index (κ1) is 10.5. The Labute approximate surface area is 78.6 Å². The molecule has 0 aromatic heterocycles. The minimum absolute atomic E-state index is 0.0876. The molecule has 0 radical (unpaired) electrons. The van der Waals surface area contributed by atoms with E-state index in [1.807, 2.05) is 0 Å². The highest BCUT2D eigenvalue weighted by molar-refractivity contribution is 5.70. The first-order valence-corrected chi connectivity index (χ1v) is 4.77. The van der Waals surface area contributed by atoms with E-state index in [1.165, 1.54) is 0 Å². The second kappa shape index (κ2) is 5.94. The summed E-state index contributed by atoms with van der Waals surface area (Å²) in [4.78, 5) is 10.9. The van der Waals surface area contributed by atoms with Crippen LogP contribution in [0.1, 0.15) is 13.3 Å². The fourth-order valence-corrected chi connectivity index (χ4v) is 1.37. The average Bonchev–Trinajstić information content (AvgIpc) is 2.57. The monoisotopic (exact) mass is 187 g/mol. The Morgan fingerprint density at radius 3 is 3.08 bits per heavy atom. The molecule has 1 saturated heterocycles. The summed E-state index contributed by atoms with van der Waals surface area (Å²) >= 11 is 0. The zero-order valence-corrected chi connectivity index (χ0v) is 8.04. The van der Waals surface area contributed by atoms with Gasteiger partial charge in [0.1, 0.15) is 6.61 Å². The molecule has 0 bridgehead atoms. The van der Waals surface area contributed by atoms with Gasteiger partial charge in [0, 0.05) is 6.54 Å². The van der Waals surface area contributed by atoms with Crippen LogP contribution in [-0.2, 0) is 14.3 Å². The summed E-state index contributed by atoms with van der Waals surface area (Å²) in [6.45, 7) is 5.03. The molecule has 1 atom stereocenters.